The van der Waals surface area contributed by atoms with Crippen molar-refractivity contribution in [1.29, 1.82) is 0 Å². The van der Waals surface area contributed by atoms with Crippen LogP contribution in [-0.4, -0.2) is 88.4 Å². The summed E-state index contributed by atoms with van der Waals surface area (Å²) in [5, 5.41) is 8.83. The number of carbonyl (C=O) groups is 1. The Morgan fingerprint density at radius 3 is 2.54 bits per heavy atom. The molecule has 1 aromatic rings. The first-order valence-corrected chi connectivity index (χ1v) is 11.8. The van der Waals surface area contributed by atoms with E-state index in [4.69, 9.17) is 0 Å². The lowest BCUT2D eigenvalue weighted by Crippen LogP contribution is -2.50. The number of rotatable bonds is 5. The minimum atomic E-state index is -2.96. The third-order valence-corrected chi connectivity index (χ3v) is 8.12. The zero-order valence-electron chi connectivity index (χ0n) is 15.6. The lowest BCUT2D eigenvalue weighted by Gasteiger charge is -2.35. The summed E-state index contributed by atoms with van der Waals surface area (Å²) in [6.45, 7) is 8.42. The van der Waals surface area contributed by atoms with Crippen molar-refractivity contribution in [3.05, 3.63) is 5.82 Å². The number of amides is 1. The number of thioether (sulfide) groups is 1. The molecule has 2 fully saturated rings. The first-order valence-electron chi connectivity index (χ1n) is 9.08. The first-order chi connectivity index (χ1) is 12.3. The van der Waals surface area contributed by atoms with E-state index in [-0.39, 0.29) is 28.6 Å². The second-order valence-electron chi connectivity index (χ2n) is 7.02. The van der Waals surface area contributed by atoms with Gasteiger partial charge in [-0.1, -0.05) is 18.7 Å². The van der Waals surface area contributed by atoms with Gasteiger partial charge in [0.1, 0.15) is 5.82 Å². The van der Waals surface area contributed by atoms with Crippen LogP contribution in [0.3, 0.4) is 0 Å². The monoisotopic (exact) mass is 401 g/mol. The molecule has 0 aromatic carbocycles. The van der Waals surface area contributed by atoms with Crippen LogP contribution in [0.5, 0.6) is 0 Å². The highest BCUT2D eigenvalue weighted by Crippen LogP contribution is 2.30. The third-order valence-electron chi connectivity index (χ3n) is 5.23. The standard InChI is InChI=1S/C16H27N5O3S2/c1-4-20-6-8-21(9-7-20)15(22)12(2)25-16-18-17-14(19(16)3)13-5-10-26(23,24)11-13/h12-13H,4-11H2,1-3H3/t12-,13+/m0/s1. The Kier molecular flexibility index (Phi) is 5.93. The summed E-state index contributed by atoms with van der Waals surface area (Å²) in [7, 11) is -1.11. The Balaban J connectivity index is 1.61. The predicted octanol–water partition coefficient (Wildman–Crippen LogP) is 0.362. The number of nitrogens with zero attached hydrogens (tertiary/aromatic N) is 5. The van der Waals surface area contributed by atoms with Crippen LogP contribution >= 0.6 is 11.8 Å². The van der Waals surface area contributed by atoms with Gasteiger partial charge in [0.05, 0.1) is 16.8 Å². The molecule has 26 heavy (non-hydrogen) atoms. The van der Waals surface area contributed by atoms with E-state index in [9.17, 15) is 13.2 Å². The van der Waals surface area contributed by atoms with Crippen molar-refractivity contribution in [1.82, 2.24) is 24.6 Å². The van der Waals surface area contributed by atoms with Crippen molar-refractivity contribution < 1.29 is 13.2 Å². The molecule has 2 atom stereocenters. The highest BCUT2D eigenvalue weighted by molar-refractivity contribution is 8.00. The maximum Gasteiger partial charge on any atom is 0.235 e. The van der Waals surface area contributed by atoms with E-state index in [0.717, 1.165) is 32.7 Å². The molecule has 0 spiro atoms. The van der Waals surface area contributed by atoms with E-state index in [1.54, 1.807) is 0 Å². The fourth-order valence-electron chi connectivity index (χ4n) is 3.53. The lowest BCUT2D eigenvalue weighted by molar-refractivity contribution is -0.132. The molecule has 146 valence electrons. The Labute approximate surface area is 159 Å². The second kappa shape index (κ2) is 7.85. The van der Waals surface area contributed by atoms with Crippen molar-refractivity contribution in [2.24, 2.45) is 7.05 Å². The highest BCUT2D eigenvalue weighted by Gasteiger charge is 2.33. The molecule has 0 aliphatic carbocycles. The number of aromatic nitrogens is 3. The molecule has 2 aliphatic heterocycles. The fraction of sp³-hybridized carbons (Fsp3) is 0.812. The largest absolute Gasteiger partial charge is 0.339 e. The number of hydrogen-bond donors (Lipinski definition) is 0. The predicted molar refractivity (Wildman–Crippen MR) is 101 cm³/mol. The zero-order chi connectivity index (χ0) is 18.9. The number of carbonyl (C=O) groups excluding carboxylic acids is 1. The summed E-state index contributed by atoms with van der Waals surface area (Å²) >= 11 is 1.39. The Bertz CT molecular complexity index is 756. The second-order valence-corrected chi connectivity index (χ2v) is 10.6. The summed E-state index contributed by atoms with van der Waals surface area (Å²) in [5.74, 6) is 1.08. The first kappa shape index (κ1) is 19.6. The zero-order valence-corrected chi connectivity index (χ0v) is 17.2. The molecular formula is C16H27N5O3S2. The average Bonchev–Trinajstić information content (AvgIpc) is 3.16. The Morgan fingerprint density at radius 2 is 1.96 bits per heavy atom. The maximum atomic E-state index is 12.7. The van der Waals surface area contributed by atoms with Crippen LogP contribution in [0.25, 0.3) is 0 Å². The van der Waals surface area contributed by atoms with Crippen molar-refractivity contribution >= 4 is 27.5 Å². The molecule has 3 heterocycles. The highest BCUT2D eigenvalue weighted by atomic mass is 32.2. The van der Waals surface area contributed by atoms with Crippen LogP contribution in [0.15, 0.2) is 5.16 Å². The molecule has 1 amide bonds. The van der Waals surface area contributed by atoms with Crippen molar-refractivity contribution in [3.63, 3.8) is 0 Å². The van der Waals surface area contributed by atoms with Gasteiger partial charge in [-0.25, -0.2) is 8.42 Å². The van der Waals surface area contributed by atoms with Crippen LogP contribution in [-0.2, 0) is 21.7 Å². The van der Waals surface area contributed by atoms with Crippen molar-refractivity contribution in [2.45, 2.75) is 36.6 Å². The smallest absolute Gasteiger partial charge is 0.235 e. The quantitative estimate of drug-likeness (QED) is 0.658. The molecular weight excluding hydrogens is 374 g/mol. The number of hydrogen-bond acceptors (Lipinski definition) is 7. The summed E-state index contributed by atoms with van der Waals surface area (Å²) < 4.78 is 25.2. The van der Waals surface area contributed by atoms with Gasteiger partial charge in [0, 0.05) is 39.1 Å². The van der Waals surface area contributed by atoms with Gasteiger partial charge >= 0.3 is 0 Å². The summed E-state index contributed by atoms with van der Waals surface area (Å²) in [6, 6.07) is 0. The van der Waals surface area contributed by atoms with Crippen LogP contribution < -0.4 is 0 Å². The van der Waals surface area contributed by atoms with Crippen LogP contribution in [0.2, 0.25) is 0 Å². The van der Waals surface area contributed by atoms with Crippen molar-refractivity contribution in [3.8, 4) is 0 Å². The molecule has 0 saturated carbocycles. The molecule has 0 bridgehead atoms. The molecule has 10 heteroatoms. The minimum absolute atomic E-state index is 0.0972. The van der Waals surface area contributed by atoms with E-state index in [2.05, 4.69) is 22.0 Å². The van der Waals surface area contributed by atoms with Crippen LogP contribution in [0.1, 0.15) is 32.0 Å². The molecule has 0 radical (unpaired) electrons. The van der Waals surface area contributed by atoms with Gasteiger partial charge in [-0.05, 0) is 19.9 Å². The number of likely N-dealkylation sites (N-methyl/N-ethyl adjacent to an activating group) is 1. The van der Waals surface area contributed by atoms with Gasteiger partial charge in [0.2, 0.25) is 5.91 Å². The van der Waals surface area contributed by atoms with Gasteiger partial charge in [-0.3, -0.25) is 4.79 Å². The Morgan fingerprint density at radius 1 is 1.27 bits per heavy atom. The van der Waals surface area contributed by atoms with E-state index in [1.165, 1.54) is 11.8 Å². The minimum Gasteiger partial charge on any atom is -0.339 e. The number of sulfone groups is 1. The molecule has 2 saturated heterocycles. The average molecular weight is 402 g/mol. The summed E-state index contributed by atoms with van der Waals surface area (Å²) in [5.41, 5.74) is 0. The van der Waals surface area contributed by atoms with Gasteiger partial charge in [0.15, 0.2) is 15.0 Å². The fourth-order valence-corrected chi connectivity index (χ4v) is 6.18. The van der Waals surface area contributed by atoms with E-state index in [1.807, 2.05) is 23.4 Å². The Hall–Kier alpha value is -1.13. The topological polar surface area (TPSA) is 88.4 Å². The molecule has 0 unspecified atom stereocenters. The van der Waals surface area contributed by atoms with Crippen LogP contribution in [0.4, 0.5) is 0 Å². The van der Waals surface area contributed by atoms with Crippen molar-refractivity contribution in [2.75, 3.05) is 44.2 Å². The number of piperazine rings is 1. The normalized spacial score (nSPS) is 24.7. The summed E-state index contributed by atoms with van der Waals surface area (Å²) in [4.78, 5) is 17.0. The van der Waals surface area contributed by atoms with E-state index >= 15 is 0 Å². The van der Waals surface area contributed by atoms with E-state index < -0.39 is 9.84 Å². The molecule has 8 nitrogen and oxygen atoms in total. The maximum absolute atomic E-state index is 12.7. The lowest BCUT2D eigenvalue weighted by atomic mass is 10.1. The molecule has 0 N–H and O–H groups in total. The van der Waals surface area contributed by atoms with E-state index in [0.29, 0.717) is 17.4 Å². The molecule has 2 aliphatic rings. The van der Waals surface area contributed by atoms with Gasteiger partial charge in [0.25, 0.3) is 0 Å². The SMILES string of the molecule is CCN1CCN(C(=O)[C@H](C)Sc2nnc([C@@H]3CCS(=O)(=O)C3)n2C)CC1. The molecule has 3 rings (SSSR count). The van der Waals surface area contributed by atoms with Gasteiger partial charge in [-0.2, -0.15) is 0 Å². The molecule has 1 aromatic heterocycles. The van der Waals surface area contributed by atoms with Crippen LogP contribution in [0, 0.1) is 0 Å². The third kappa shape index (κ3) is 4.23. The van der Waals surface area contributed by atoms with Gasteiger partial charge < -0.3 is 14.4 Å². The van der Waals surface area contributed by atoms with Gasteiger partial charge in [-0.15, -0.1) is 10.2 Å². The summed E-state index contributed by atoms with van der Waals surface area (Å²) in [6.07, 6.45) is 0.592.